The van der Waals surface area contributed by atoms with Crippen molar-refractivity contribution >= 4 is 5.91 Å². The summed E-state index contributed by atoms with van der Waals surface area (Å²) < 4.78 is 6.01. The average Bonchev–Trinajstić information content (AvgIpc) is 3.43. The maximum atomic E-state index is 12.5. The van der Waals surface area contributed by atoms with Crippen LogP contribution in [0.3, 0.4) is 0 Å². The Labute approximate surface area is 149 Å². The lowest BCUT2D eigenvalue weighted by Gasteiger charge is -2.26. The van der Waals surface area contributed by atoms with Crippen LogP contribution in [0.25, 0.3) is 0 Å². The first kappa shape index (κ1) is 16.7. The standard InChI is InChI=1S/C20H27N3O2/c1-13-9-17(13)18-8-7-16(25-18)10-23(15-5-6-15)11-19(24)22-20(2,12-21)14-3-4-14/h7-8,13-15,17H,3-6,9-11H2,1-2H3,(H,22,24)/t13-,17+,20+/m1/s1. The van der Waals surface area contributed by atoms with E-state index < -0.39 is 5.54 Å². The van der Waals surface area contributed by atoms with Crippen molar-refractivity contribution in [3.63, 3.8) is 0 Å². The summed E-state index contributed by atoms with van der Waals surface area (Å²) >= 11 is 0. The second-order valence-corrected chi connectivity index (χ2v) is 8.40. The molecule has 0 spiro atoms. The summed E-state index contributed by atoms with van der Waals surface area (Å²) in [6.07, 6.45) is 5.56. The summed E-state index contributed by atoms with van der Waals surface area (Å²) in [4.78, 5) is 14.7. The number of nitrogens with zero attached hydrogens (tertiary/aromatic N) is 2. The van der Waals surface area contributed by atoms with E-state index in [2.05, 4.69) is 35.3 Å². The Morgan fingerprint density at radius 1 is 1.40 bits per heavy atom. The van der Waals surface area contributed by atoms with Crippen molar-refractivity contribution in [2.45, 2.75) is 70.0 Å². The van der Waals surface area contributed by atoms with Gasteiger partial charge in [0.1, 0.15) is 17.1 Å². The largest absolute Gasteiger partial charge is 0.464 e. The van der Waals surface area contributed by atoms with Gasteiger partial charge in [0, 0.05) is 12.0 Å². The van der Waals surface area contributed by atoms with Crippen LogP contribution in [0.2, 0.25) is 0 Å². The Balaban J connectivity index is 1.36. The molecule has 5 heteroatoms. The molecule has 0 bridgehead atoms. The molecule has 1 N–H and O–H groups in total. The van der Waals surface area contributed by atoms with Gasteiger partial charge in [0.05, 0.1) is 19.2 Å². The highest BCUT2D eigenvalue weighted by Gasteiger charge is 2.43. The van der Waals surface area contributed by atoms with Crippen molar-refractivity contribution < 1.29 is 9.21 Å². The Bertz CT molecular complexity index is 698. The molecule has 5 nitrogen and oxygen atoms in total. The maximum absolute atomic E-state index is 12.5. The molecule has 3 fully saturated rings. The molecule has 1 amide bonds. The minimum absolute atomic E-state index is 0.0505. The molecule has 1 aromatic rings. The second-order valence-electron chi connectivity index (χ2n) is 8.40. The number of rotatable bonds is 8. The Hall–Kier alpha value is -1.80. The fraction of sp³-hybridized carbons (Fsp3) is 0.700. The van der Waals surface area contributed by atoms with Gasteiger partial charge in [-0.2, -0.15) is 5.26 Å². The van der Waals surface area contributed by atoms with Gasteiger partial charge in [-0.25, -0.2) is 0 Å². The zero-order chi connectivity index (χ0) is 17.6. The number of hydrogen-bond acceptors (Lipinski definition) is 4. The van der Waals surface area contributed by atoms with E-state index in [0.29, 0.717) is 31.0 Å². The molecule has 3 aliphatic carbocycles. The predicted octanol–water partition coefficient (Wildman–Crippen LogP) is 3.18. The van der Waals surface area contributed by atoms with E-state index in [4.69, 9.17) is 4.42 Å². The summed E-state index contributed by atoms with van der Waals surface area (Å²) in [6.45, 7) is 5.11. The van der Waals surface area contributed by atoms with Crippen LogP contribution < -0.4 is 5.32 Å². The highest BCUT2D eigenvalue weighted by atomic mass is 16.3. The number of nitrogens with one attached hydrogen (secondary N) is 1. The molecule has 4 rings (SSSR count). The second kappa shape index (κ2) is 6.17. The van der Waals surface area contributed by atoms with Crippen LogP contribution in [-0.2, 0) is 11.3 Å². The first-order valence-corrected chi connectivity index (χ1v) is 9.53. The van der Waals surface area contributed by atoms with Gasteiger partial charge in [-0.05, 0) is 63.0 Å². The zero-order valence-corrected chi connectivity index (χ0v) is 15.1. The van der Waals surface area contributed by atoms with E-state index in [1.54, 1.807) is 0 Å². The molecule has 0 unspecified atom stereocenters. The maximum Gasteiger partial charge on any atom is 0.235 e. The SMILES string of the molecule is C[C@@H]1C[C@@H]1c1ccc(CN(CC(=O)N[C@@](C)(C#N)C2CC2)C2CC2)o1. The van der Waals surface area contributed by atoms with Crippen molar-refractivity contribution in [2.24, 2.45) is 11.8 Å². The Kier molecular flexibility index (Phi) is 4.11. The molecule has 134 valence electrons. The van der Waals surface area contributed by atoms with Crippen LogP contribution in [0.1, 0.15) is 63.4 Å². The van der Waals surface area contributed by atoms with Gasteiger partial charge >= 0.3 is 0 Å². The normalized spacial score (nSPS) is 27.6. The molecule has 0 aliphatic heterocycles. The molecule has 3 saturated carbocycles. The van der Waals surface area contributed by atoms with Crippen molar-refractivity contribution in [3.8, 4) is 6.07 Å². The van der Waals surface area contributed by atoms with Gasteiger partial charge in [0.2, 0.25) is 5.91 Å². The van der Waals surface area contributed by atoms with Gasteiger partial charge in [-0.15, -0.1) is 0 Å². The van der Waals surface area contributed by atoms with E-state index in [-0.39, 0.29) is 5.91 Å². The molecule has 3 atom stereocenters. The number of furan rings is 1. The number of carbonyl (C=O) groups excluding carboxylic acids is 1. The lowest BCUT2D eigenvalue weighted by atomic mass is 9.98. The van der Waals surface area contributed by atoms with Gasteiger partial charge in [0.25, 0.3) is 0 Å². The average molecular weight is 341 g/mol. The number of hydrogen-bond donors (Lipinski definition) is 1. The molecule has 1 aromatic heterocycles. The van der Waals surface area contributed by atoms with Crippen molar-refractivity contribution in [2.75, 3.05) is 6.54 Å². The number of amides is 1. The fourth-order valence-electron chi connectivity index (χ4n) is 3.75. The van der Waals surface area contributed by atoms with Gasteiger partial charge < -0.3 is 9.73 Å². The van der Waals surface area contributed by atoms with Crippen LogP contribution in [0.5, 0.6) is 0 Å². The smallest absolute Gasteiger partial charge is 0.235 e. The Morgan fingerprint density at radius 2 is 2.12 bits per heavy atom. The Morgan fingerprint density at radius 3 is 2.68 bits per heavy atom. The van der Waals surface area contributed by atoms with E-state index >= 15 is 0 Å². The molecule has 0 saturated heterocycles. The summed E-state index contributed by atoms with van der Waals surface area (Å²) in [5.74, 6) is 3.61. The van der Waals surface area contributed by atoms with Gasteiger partial charge in [-0.3, -0.25) is 9.69 Å². The molecule has 0 radical (unpaired) electrons. The van der Waals surface area contributed by atoms with E-state index in [9.17, 15) is 10.1 Å². The van der Waals surface area contributed by atoms with Crippen LogP contribution in [0.4, 0.5) is 0 Å². The topological polar surface area (TPSA) is 69.3 Å². The summed E-state index contributed by atoms with van der Waals surface area (Å²) in [5, 5.41) is 12.4. The minimum Gasteiger partial charge on any atom is -0.464 e. The highest BCUT2D eigenvalue weighted by Crippen LogP contribution is 2.47. The molecule has 25 heavy (non-hydrogen) atoms. The third-order valence-electron chi connectivity index (χ3n) is 5.95. The zero-order valence-electron chi connectivity index (χ0n) is 15.1. The van der Waals surface area contributed by atoms with Crippen LogP contribution in [0.15, 0.2) is 16.5 Å². The fourth-order valence-corrected chi connectivity index (χ4v) is 3.75. The lowest BCUT2D eigenvalue weighted by molar-refractivity contribution is -0.124. The van der Waals surface area contributed by atoms with Gasteiger partial charge in [0.15, 0.2) is 0 Å². The summed E-state index contributed by atoms with van der Waals surface area (Å²) in [6, 6.07) is 6.91. The summed E-state index contributed by atoms with van der Waals surface area (Å²) in [7, 11) is 0. The predicted molar refractivity (Wildman–Crippen MR) is 93.5 cm³/mol. The molecule has 1 heterocycles. The minimum atomic E-state index is -0.716. The molecular formula is C20H27N3O2. The lowest BCUT2D eigenvalue weighted by Crippen LogP contribution is -2.50. The van der Waals surface area contributed by atoms with E-state index in [0.717, 1.165) is 43.1 Å². The third kappa shape index (κ3) is 3.74. The van der Waals surface area contributed by atoms with Gasteiger partial charge in [-0.1, -0.05) is 6.92 Å². The van der Waals surface area contributed by atoms with Crippen molar-refractivity contribution in [1.29, 1.82) is 5.26 Å². The summed E-state index contributed by atoms with van der Waals surface area (Å²) in [5.41, 5.74) is -0.716. The van der Waals surface area contributed by atoms with E-state index in [1.807, 2.05) is 6.92 Å². The third-order valence-corrected chi connectivity index (χ3v) is 5.95. The van der Waals surface area contributed by atoms with Crippen LogP contribution in [0, 0.1) is 23.2 Å². The first-order valence-electron chi connectivity index (χ1n) is 9.53. The molecule has 0 aromatic carbocycles. The van der Waals surface area contributed by atoms with Crippen molar-refractivity contribution in [1.82, 2.24) is 10.2 Å². The van der Waals surface area contributed by atoms with Crippen LogP contribution in [-0.4, -0.2) is 28.9 Å². The highest BCUT2D eigenvalue weighted by molar-refractivity contribution is 5.79. The number of carbonyl (C=O) groups is 1. The molecule has 3 aliphatic rings. The van der Waals surface area contributed by atoms with Crippen molar-refractivity contribution in [3.05, 3.63) is 23.7 Å². The first-order chi connectivity index (χ1) is 12.0. The molecular weight excluding hydrogens is 314 g/mol. The number of nitriles is 1. The quantitative estimate of drug-likeness (QED) is 0.788. The monoisotopic (exact) mass is 341 g/mol. The van der Waals surface area contributed by atoms with Crippen LogP contribution >= 0.6 is 0 Å². The van der Waals surface area contributed by atoms with E-state index in [1.165, 1.54) is 6.42 Å².